The van der Waals surface area contributed by atoms with Crippen LogP contribution < -0.4 is 5.32 Å². The highest BCUT2D eigenvalue weighted by molar-refractivity contribution is 7.47. The first kappa shape index (κ1) is 63.3. The Bertz CT molecular complexity index is 1140. The molecule has 9 N–H and O–H groups in total. The molecule has 1 amide bonds. The first-order valence-electron chi connectivity index (χ1n) is 27.6. The molecule has 1 aliphatic carbocycles. The molecule has 13 nitrogen and oxygen atoms in total. The van der Waals surface area contributed by atoms with Crippen LogP contribution in [-0.4, -0.2) is 108 Å². The number of aliphatic hydroxyl groups is 7. The van der Waals surface area contributed by atoms with Gasteiger partial charge in [-0.3, -0.25) is 13.8 Å². The maximum atomic E-state index is 13.1. The molecule has 8 atom stereocenters. The molecular formula is C52H104NO12P. The van der Waals surface area contributed by atoms with Gasteiger partial charge in [0.25, 0.3) is 0 Å². The van der Waals surface area contributed by atoms with Gasteiger partial charge in [-0.05, 0) is 12.8 Å². The number of hydrogen-bond acceptors (Lipinski definition) is 11. The molecule has 8 unspecified atom stereocenters. The molecule has 14 heteroatoms. The monoisotopic (exact) mass is 966 g/mol. The van der Waals surface area contributed by atoms with Gasteiger partial charge in [-0.15, -0.1) is 0 Å². The highest BCUT2D eigenvalue weighted by Crippen LogP contribution is 2.47. The molecule has 1 saturated carbocycles. The van der Waals surface area contributed by atoms with E-state index in [0.29, 0.717) is 12.8 Å². The summed E-state index contributed by atoms with van der Waals surface area (Å²) >= 11 is 0. The van der Waals surface area contributed by atoms with Gasteiger partial charge in [-0.2, -0.15) is 0 Å². The normalized spacial score (nSPS) is 22.3. The van der Waals surface area contributed by atoms with Crippen molar-refractivity contribution in [2.24, 2.45) is 0 Å². The summed E-state index contributed by atoms with van der Waals surface area (Å²) in [6.45, 7) is 3.84. The Labute approximate surface area is 402 Å². The van der Waals surface area contributed by atoms with Crippen LogP contribution >= 0.6 is 7.82 Å². The van der Waals surface area contributed by atoms with Crippen LogP contribution in [0, 0.1) is 0 Å². The second-order valence-electron chi connectivity index (χ2n) is 20.0. The van der Waals surface area contributed by atoms with Gasteiger partial charge >= 0.3 is 7.82 Å². The molecule has 0 aromatic heterocycles. The number of phosphoric acid groups is 1. The molecular weight excluding hydrogens is 862 g/mol. The van der Waals surface area contributed by atoms with Crippen molar-refractivity contribution in [1.82, 2.24) is 5.32 Å². The van der Waals surface area contributed by atoms with Crippen molar-refractivity contribution in [3.05, 3.63) is 0 Å². The van der Waals surface area contributed by atoms with E-state index >= 15 is 0 Å². The fourth-order valence-electron chi connectivity index (χ4n) is 9.25. The third-order valence-electron chi connectivity index (χ3n) is 13.7. The molecule has 0 aromatic rings. The summed E-state index contributed by atoms with van der Waals surface area (Å²) < 4.78 is 23.0. The summed E-state index contributed by atoms with van der Waals surface area (Å²) in [4.78, 5) is 23.6. The number of unbranched alkanes of at least 4 members (excludes halogenated alkanes) is 34. The number of carbonyl (C=O) groups excluding carboxylic acids is 1. The van der Waals surface area contributed by atoms with E-state index in [2.05, 4.69) is 19.2 Å². The number of carbonyl (C=O) groups is 1. The Morgan fingerprint density at radius 3 is 1.09 bits per heavy atom. The number of nitrogens with one attached hydrogen (secondary N) is 1. The maximum absolute atomic E-state index is 13.1. The summed E-state index contributed by atoms with van der Waals surface area (Å²) in [6.07, 6.45) is 31.4. The number of aliphatic hydroxyl groups excluding tert-OH is 7. The van der Waals surface area contributed by atoms with E-state index < -0.39 is 75.2 Å². The molecule has 1 aliphatic rings. The molecule has 394 valence electrons. The van der Waals surface area contributed by atoms with Crippen LogP contribution in [0.25, 0.3) is 0 Å². The summed E-state index contributed by atoms with van der Waals surface area (Å²) in [5, 5.41) is 74.9. The van der Waals surface area contributed by atoms with Crippen molar-refractivity contribution >= 4 is 13.7 Å². The summed E-state index contributed by atoms with van der Waals surface area (Å²) in [5.41, 5.74) is 0. The SMILES string of the molecule is CCCCCCCCCCCCCCCCCCCCCC(O)CC(=O)NC(COP(=O)(O)OC1C(O)C(O)C(O)C(O)C1O)C(O)CCCCCCCCCCCCCCCCCCC. The molecule has 1 rings (SSSR count). The summed E-state index contributed by atoms with van der Waals surface area (Å²) in [6, 6.07) is -1.15. The number of amides is 1. The smallest absolute Gasteiger partial charge is 0.393 e. The summed E-state index contributed by atoms with van der Waals surface area (Å²) in [7, 11) is -5.12. The third kappa shape index (κ3) is 33.0. The highest BCUT2D eigenvalue weighted by Gasteiger charge is 2.51. The predicted octanol–water partition coefficient (Wildman–Crippen LogP) is 10.8. The minimum absolute atomic E-state index is 0.215. The van der Waals surface area contributed by atoms with Crippen molar-refractivity contribution in [3.8, 4) is 0 Å². The van der Waals surface area contributed by atoms with E-state index in [1.807, 2.05) is 0 Å². The largest absolute Gasteiger partial charge is 0.472 e. The average molecular weight is 966 g/mol. The van der Waals surface area contributed by atoms with Gasteiger partial charge in [-0.25, -0.2) is 4.57 Å². The second-order valence-corrected chi connectivity index (χ2v) is 21.4. The van der Waals surface area contributed by atoms with Crippen molar-refractivity contribution in [3.63, 3.8) is 0 Å². The molecule has 0 aliphatic heterocycles. The quantitative estimate of drug-likeness (QED) is 0.0205. The molecule has 0 saturated heterocycles. The first-order valence-corrected chi connectivity index (χ1v) is 29.1. The van der Waals surface area contributed by atoms with Gasteiger partial charge in [0.05, 0.1) is 31.3 Å². The zero-order valence-electron chi connectivity index (χ0n) is 42.1. The number of hydrogen-bond donors (Lipinski definition) is 9. The topological polar surface area (TPSA) is 226 Å². The lowest BCUT2D eigenvalue weighted by molar-refractivity contribution is -0.220. The van der Waals surface area contributed by atoms with Gasteiger partial charge in [0, 0.05) is 0 Å². The first-order chi connectivity index (χ1) is 31.8. The predicted molar refractivity (Wildman–Crippen MR) is 266 cm³/mol. The van der Waals surface area contributed by atoms with E-state index in [1.165, 1.54) is 173 Å². The lowest BCUT2D eigenvalue weighted by atomic mass is 9.85. The van der Waals surface area contributed by atoms with Gasteiger partial charge in [0.15, 0.2) is 0 Å². The standard InChI is InChI=1S/C52H104NO12P/c1-3-5-7-9-11-13-15-17-19-21-22-24-25-27-29-31-33-35-37-39-43(54)41-46(56)53-44(42-64-66(62,63)65-52-50(60)48(58)47(57)49(59)51(52)61)45(55)40-38-36-34-32-30-28-26-23-20-18-16-14-12-10-8-6-4-2/h43-45,47-52,54-55,57-61H,3-42H2,1-2H3,(H,53,56)(H,62,63). The van der Waals surface area contributed by atoms with Gasteiger partial charge in [0.1, 0.15) is 36.6 Å². The van der Waals surface area contributed by atoms with Crippen molar-refractivity contribution in [2.75, 3.05) is 6.61 Å². The molecule has 66 heavy (non-hydrogen) atoms. The van der Waals surface area contributed by atoms with Crippen LogP contribution in [0.5, 0.6) is 0 Å². The van der Waals surface area contributed by atoms with Crippen LogP contribution in [-0.2, 0) is 18.4 Å². The molecule has 1 fully saturated rings. The Morgan fingerprint density at radius 2 is 0.758 bits per heavy atom. The zero-order chi connectivity index (χ0) is 48.7. The molecule has 0 heterocycles. The van der Waals surface area contributed by atoms with Crippen molar-refractivity contribution in [2.45, 2.75) is 319 Å². The minimum atomic E-state index is -5.12. The Morgan fingerprint density at radius 1 is 0.470 bits per heavy atom. The van der Waals surface area contributed by atoms with E-state index in [1.54, 1.807) is 0 Å². The zero-order valence-corrected chi connectivity index (χ0v) is 43.0. The van der Waals surface area contributed by atoms with E-state index in [4.69, 9.17) is 9.05 Å². The van der Waals surface area contributed by atoms with Crippen LogP contribution in [0.4, 0.5) is 0 Å². The Balaban J connectivity index is 2.41. The summed E-state index contributed by atoms with van der Waals surface area (Å²) in [5.74, 6) is -0.553. The van der Waals surface area contributed by atoms with Gasteiger partial charge in [0.2, 0.25) is 5.91 Å². The van der Waals surface area contributed by atoms with Crippen molar-refractivity contribution in [1.29, 1.82) is 0 Å². The lowest BCUT2D eigenvalue weighted by Gasteiger charge is -2.41. The highest BCUT2D eigenvalue weighted by atomic mass is 31.2. The van der Waals surface area contributed by atoms with E-state index in [-0.39, 0.29) is 12.8 Å². The lowest BCUT2D eigenvalue weighted by Crippen LogP contribution is -2.64. The van der Waals surface area contributed by atoms with Gasteiger partial charge in [-0.1, -0.05) is 245 Å². The Hall–Kier alpha value is -0.700. The number of rotatable bonds is 47. The van der Waals surface area contributed by atoms with E-state index in [0.717, 1.165) is 51.4 Å². The number of phosphoric ester groups is 1. The van der Waals surface area contributed by atoms with E-state index in [9.17, 15) is 50.0 Å². The van der Waals surface area contributed by atoms with Crippen molar-refractivity contribution < 1.29 is 59.0 Å². The fourth-order valence-corrected chi connectivity index (χ4v) is 10.2. The van der Waals surface area contributed by atoms with Crippen LogP contribution in [0.1, 0.15) is 264 Å². The molecule has 0 bridgehead atoms. The fraction of sp³-hybridized carbons (Fsp3) is 0.981. The molecule has 0 radical (unpaired) electrons. The van der Waals surface area contributed by atoms with Crippen LogP contribution in [0.2, 0.25) is 0 Å². The average Bonchev–Trinajstić information content (AvgIpc) is 3.29. The van der Waals surface area contributed by atoms with Crippen LogP contribution in [0.15, 0.2) is 0 Å². The maximum Gasteiger partial charge on any atom is 0.472 e. The third-order valence-corrected chi connectivity index (χ3v) is 14.7. The van der Waals surface area contributed by atoms with Crippen LogP contribution in [0.3, 0.4) is 0 Å². The second kappa shape index (κ2) is 42.0. The molecule has 0 aromatic carbocycles. The molecule has 0 spiro atoms. The van der Waals surface area contributed by atoms with Gasteiger partial charge < -0.3 is 46.0 Å². The Kier molecular flexibility index (Phi) is 40.3. The minimum Gasteiger partial charge on any atom is -0.393 e.